The van der Waals surface area contributed by atoms with E-state index < -0.39 is 11.5 Å². The van der Waals surface area contributed by atoms with Gasteiger partial charge in [0, 0.05) is 6.61 Å². The minimum atomic E-state index is -0.963. The summed E-state index contributed by atoms with van der Waals surface area (Å²) in [6.45, 7) is 4.39. The molecule has 0 aliphatic heterocycles. The van der Waals surface area contributed by atoms with Crippen LogP contribution in [0.3, 0.4) is 0 Å². The number of nitrogens with one attached hydrogen (secondary N) is 1. The van der Waals surface area contributed by atoms with Gasteiger partial charge in [-0.2, -0.15) is 0 Å². The molecule has 72 valence electrons. The third-order valence-electron chi connectivity index (χ3n) is 1.76. The van der Waals surface area contributed by atoms with Gasteiger partial charge in [-0.25, -0.2) is 0 Å². The molecule has 0 heterocycles. The molecule has 1 unspecified atom stereocenters. The van der Waals surface area contributed by atoms with Crippen molar-refractivity contribution in [1.29, 1.82) is 0 Å². The number of ether oxygens (including phenoxy) is 1. The molecule has 0 bridgehead atoms. The van der Waals surface area contributed by atoms with E-state index in [1.54, 1.807) is 14.0 Å². The number of carboxylic acid groups (broad SMARTS) is 1. The molecule has 4 heteroatoms. The zero-order valence-corrected chi connectivity index (χ0v) is 7.89. The number of likely N-dealkylation sites (N-methyl/N-ethyl adjacent to an activating group) is 1. The number of rotatable bonds is 6. The van der Waals surface area contributed by atoms with Gasteiger partial charge in [0.2, 0.25) is 0 Å². The van der Waals surface area contributed by atoms with Crippen LogP contribution in [0.2, 0.25) is 0 Å². The number of carbonyl (C=O) groups is 1. The third kappa shape index (κ3) is 3.19. The van der Waals surface area contributed by atoms with E-state index in [1.807, 2.05) is 6.92 Å². The maximum Gasteiger partial charge on any atom is 0.326 e. The lowest BCUT2D eigenvalue weighted by atomic mass is 10.1. The Hall–Kier alpha value is -0.610. The van der Waals surface area contributed by atoms with E-state index in [0.29, 0.717) is 6.61 Å². The van der Waals surface area contributed by atoms with Crippen molar-refractivity contribution in [2.45, 2.75) is 25.8 Å². The SMILES string of the molecule is CCCOCC(C)(NC)C(=O)O. The van der Waals surface area contributed by atoms with E-state index in [9.17, 15) is 4.79 Å². The summed E-state index contributed by atoms with van der Waals surface area (Å²) in [6, 6.07) is 0. The fourth-order valence-corrected chi connectivity index (χ4v) is 0.661. The van der Waals surface area contributed by atoms with Crippen molar-refractivity contribution in [2.24, 2.45) is 0 Å². The van der Waals surface area contributed by atoms with Crippen LogP contribution in [0, 0.1) is 0 Å². The number of aliphatic carboxylic acids is 1. The van der Waals surface area contributed by atoms with Crippen molar-refractivity contribution in [3.63, 3.8) is 0 Å². The Morgan fingerprint density at radius 2 is 2.25 bits per heavy atom. The van der Waals surface area contributed by atoms with Crippen LogP contribution < -0.4 is 5.32 Å². The van der Waals surface area contributed by atoms with Crippen LogP contribution in [-0.2, 0) is 9.53 Å². The molecule has 0 rings (SSSR count). The molecule has 0 fully saturated rings. The van der Waals surface area contributed by atoms with Crippen LogP contribution in [0.15, 0.2) is 0 Å². The summed E-state index contributed by atoms with van der Waals surface area (Å²) in [4.78, 5) is 10.7. The van der Waals surface area contributed by atoms with Crippen molar-refractivity contribution in [3.8, 4) is 0 Å². The second-order valence-corrected chi connectivity index (χ2v) is 2.94. The maximum atomic E-state index is 10.7. The largest absolute Gasteiger partial charge is 0.480 e. The fraction of sp³-hybridized carbons (Fsp3) is 0.875. The Labute approximate surface area is 72.9 Å². The number of hydrogen-bond donors (Lipinski definition) is 2. The van der Waals surface area contributed by atoms with Crippen LogP contribution in [0.4, 0.5) is 0 Å². The molecule has 0 saturated heterocycles. The average molecular weight is 175 g/mol. The lowest BCUT2D eigenvalue weighted by Crippen LogP contribution is -2.51. The van der Waals surface area contributed by atoms with Crippen LogP contribution in [0.1, 0.15) is 20.3 Å². The van der Waals surface area contributed by atoms with Crippen molar-refractivity contribution in [2.75, 3.05) is 20.3 Å². The Morgan fingerprint density at radius 1 is 1.67 bits per heavy atom. The summed E-state index contributed by atoms with van der Waals surface area (Å²) in [5, 5.41) is 11.5. The van der Waals surface area contributed by atoms with Crippen LogP contribution in [-0.4, -0.2) is 36.9 Å². The molecule has 0 aromatic heterocycles. The van der Waals surface area contributed by atoms with Gasteiger partial charge < -0.3 is 15.2 Å². The van der Waals surface area contributed by atoms with E-state index in [1.165, 1.54) is 0 Å². The monoisotopic (exact) mass is 175 g/mol. The first-order chi connectivity index (χ1) is 5.56. The van der Waals surface area contributed by atoms with Crippen molar-refractivity contribution >= 4 is 5.97 Å². The summed E-state index contributed by atoms with van der Waals surface area (Å²) < 4.78 is 5.16. The molecule has 12 heavy (non-hydrogen) atoms. The smallest absolute Gasteiger partial charge is 0.326 e. The van der Waals surface area contributed by atoms with Crippen LogP contribution >= 0.6 is 0 Å². The first-order valence-corrected chi connectivity index (χ1v) is 4.07. The molecule has 4 nitrogen and oxygen atoms in total. The van der Waals surface area contributed by atoms with Crippen LogP contribution in [0.25, 0.3) is 0 Å². The molecule has 0 aliphatic carbocycles. The predicted molar refractivity (Wildman–Crippen MR) is 46.2 cm³/mol. The summed E-state index contributed by atoms with van der Waals surface area (Å²) in [7, 11) is 1.61. The Kier molecular flexibility index (Phi) is 4.85. The highest BCUT2D eigenvalue weighted by Crippen LogP contribution is 2.03. The van der Waals surface area contributed by atoms with Gasteiger partial charge in [0.1, 0.15) is 5.54 Å². The number of carboxylic acids is 1. The van der Waals surface area contributed by atoms with Gasteiger partial charge in [0.15, 0.2) is 0 Å². The van der Waals surface area contributed by atoms with Gasteiger partial charge in [-0.1, -0.05) is 6.92 Å². The molecule has 2 N–H and O–H groups in total. The molecule has 0 amide bonds. The molecular formula is C8H17NO3. The zero-order valence-electron chi connectivity index (χ0n) is 7.89. The summed E-state index contributed by atoms with van der Waals surface area (Å²) in [6.07, 6.45) is 0.902. The fourth-order valence-electron chi connectivity index (χ4n) is 0.661. The maximum absolute atomic E-state index is 10.7. The predicted octanol–water partition coefficient (Wildman–Crippen LogP) is 0.476. The van der Waals surface area contributed by atoms with E-state index in [4.69, 9.17) is 9.84 Å². The van der Waals surface area contributed by atoms with E-state index in [2.05, 4.69) is 5.32 Å². The quantitative estimate of drug-likeness (QED) is 0.576. The summed E-state index contributed by atoms with van der Waals surface area (Å²) in [5.74, 6) is -0.888. The van der Waals surface area contributed by atoms with Gasteiger partial charge in [-0.3, -0.25) is 4.79 Å². The molecule has 0 aliphatic rings. The molecular weight excluding hydrogens is 158 g/mol. The molecule has 0 saturated carbocycles. The number of hydrogen-bond acceptors (Lipinski definition) is 3. The van der Waals surface area contributed by atoms with Crippen molar-refractivity contribution in [3.05, 3.63) is 0 Å². The minimum Gasteiger partial charge on any atom is -0.480 e. The second-order valence-electron chi connectivity index (χ2n) is 2.94. The molecule has 0 radical (unpaired) electrons. The van der Waals surface area contributed by atoms with Crippen LogP contribution in [0.5, 0.6) is 0 Å². The molecule has 0 aromatic carbocycles. The topological polar surface area (TPSA) is 58.6 Å². The molecule has 0 aromatic rings. The summed E-state index contributed by atoms with van der Waals surface area (Å²) >= 11 is 0. The zero-order chi connectivity index (χ0) is 9.61. The Morgan fingerprint density at radius 3 is 2.58 bits per heavy atom. The first kappa shape index (κ1) is 11.4. The van der Waals surface area contributed by atoms with Gasteiger partial charge in [0.05, 0.1) is 6.61 Å². The minimum absolute atomic E-state index is 0.201. The van der Waals surface area contributed by atoms with E-state index in [0.717, 1.165) is 6.42 Å². The van der Waals surface area contributed by atoms with Gasteiger partial charge in [-0.05, 0) is 20.4 Å². The van der Waals surface area contributed by atoms with Gasteiger partial charge in [0.25, 0.3) is 0 Å². The normalized spacial score (nSPS) is 15.6. The van der Waals surface area contributed by atoms with Crippen molar-refractivity contribution in [1.82, 2.24) is 5.32 Å². The van der Waals surface area contributed by atoms with E-state index >= 15 is 0 Å². The Bertz CT molecular complexity index is 149. The first-order valence-electron chi connectivity index (χ1n) is 4.07. The average Bonchev–Trinajstić information content (AvgIpc) is 2.04. The van der Waals surface area contributed by atoms with Gasteiger partial charge in [-0.15, -0.1) is 0 Å². The third-order valence-corrected chi connectivity index (χ3v) is 1.76. The highest BCUT2D eigenvalue weighted by atomic mass is 16.5. The lowest BCUT2D eigenvalue weighted by Gasteiger charge is -2.23. The van der Waals surface area contributed by atoms with Crippen molar-refractivity contribution < 1.29 is 14.6 Å². The molecule has 1 atom stereocenters. The molecule has 0 spiro atoms. The highest BCUT2D eigenvalue weighted by molar-refractivity contribution is 5.78. The van der Waals surface area contributed by atoms with Gasteiger partial charge >= 0.3 is 5.97 Å². The highest BCUT2D eigenvalue weighted by Gasteiger charge is 2.31. The summed E-state index contributed by atoms with van der Waals surface area (Å²) in [5.41, 5.74) is -0.963. The Balaban J connectivity index is 3.88. The lowest BCUT2D eigenvalue weighted by molar-refractivity contribution is -0.146. The second kappa shape index (κ2) is 5.11. The van der Waals surface area contributed by atoms with E-state index in [-0.39, 0.29) is 6.61 Å². The standard InChI is InChI=1S/C8H17NO3/c1-4-5-12-6-8(2,9-3)7(10)11/h9H,4-6H2,1-3H3,(H,10,11).